The van der Waals surface area contributed by atoms with Crippen LogP contribution in [0.5, 0.6) is 11.5 Å². The van der Waals surface area contributed by atoms with E-state index in [1.807, 2.05) is 0 Å². The molecule has 33 heavy (non-hydrogen) atoms. The molecule has 0 saturated carbocycles. The first-order valence-corrected chi connectivity index (χ1v) is 10.4. The molecule has 9 heteroatoms. The Morgan fingerprint density at radius 1 is 0.848 bits per heavy atom. The lowest BCUT2D eigenvalue weighted by Gasteiger charge is -2.17. The molecule has 0 spiro atoms. The van der Waals surface area contributed by atoms with E-state index in [-0.39, 0.29) is 34.7 Å². The standard InChI is InChI=1S/C24H15Cl2F3N2O2/c25-16-5-1-14(2-6-16)12-33-18-9-10-19(20(32)11-18)22-21(15-3-7-17(26)8-4-15)23(24(27,28)29)31-13-30-22/h1-11,13,32H,12H2. The highest BCUT2D eigenvalue weighted by Crippen LogP contribution is 2.43. The lowest BCUT2D eigenvalue weighted by Crippen LogP contribution is -2.12. The third-order valence-corrected chi connectivity index (χ3v) is 5.30. The van der Waals surface area contributed by atoms with Crippen molar-refractivity contribution in [3.05, 3.63) is 94.4 Å². The summed E-state index contributed by atoms with van der Waals surface area (Å²) in [4.78, 5) is 7.52. The average molecular weight is 491 g/mol. The van der Waals surface area contributed by atoms with Gasteiger partial charge in [0.05, 0.1) is 5.69 Å². The number of aromatic hydroxyl groups is 1. The first-order valence-electron chi connectivity index (χ1n) is 9.61. The molecule has 0 amide bonds. The van der Waals surface area contributed by atoms with Crippen molar-refractivity contribution in [2.24, 2.45) is 0 Å². The summed E-state index contributed by atoms with van der Waals surface area (Å²) in [5.41, 5.74) is -0.263. The van der Waals surface area contributed by atoms with Crippen molar-refractivity contribution < 1.29 is 23.0 Å². The van der Waals surface area contributed by atoms with Crippen molar-refractivity contribution in [2.75, 3.05) is 0 Å². The van der Waals surface area contributed by atoms with Crippen LogP contribution in [-0.4, -0.2) is 15.1 Å². The van der Waals surface area contributed by atoms with Gasteiger partial charge in [-0.25, -0.2) is 9.97 Å². The number of phenolic OH excluding ortho intramolecular Hbond substituents is 1. The molecular formula is C24H15Cl2F3N2O2. The number of hydrogen-bond donors (Lipinski definition) is 1. The van der Waals surface area contributed by atoms with Gasteiger partial charge in [0.1, 0.15) is 24.4 Å². The largest absolute Gasteiger partial charge is 0.507 e. The third-order valence-electron chi connectivity index (χ3n) is 4.79. The van der Waals surface area contributed by atoms with Gasteiger partial charge in [0.2, 0.25) is 0 Å². The molecule has 0 unspecified atom stereocenters. The van der Waals surface area contributed by atoms with Gasteiger partial charge in [0.25, 0.3) is 0 Å². The number of aromatic nitrogens is 2. The first kappa shape index (κ1) is 22.9. The predicted molar refractivity (Wildman–Crippen MR) is 120 cm³/mol. The van der Waals surface area contributed by atoms with Gasteiger partial charge in [-0.05, 0) is 47.5 Å². The Bertz CT molecular complexity index is 1280. The van der Waals surface area contributed by atoms with E-state index < -0.39 is 11.9 Å². The Morgan fingerprint density at radius 3 is 2.09 bits per heavy atom. The van der Waals surface area contributed by atoms with E-state index in [0.717, 1.165) is 11.9 Å². The summed E-state index contributed by atoms with van der Waals surface area (Å²) in [6.07, 6.45) is -3.91. The minimum atomic E-state index is -4.73. The van der Waals surface area contributed by atoms with E-state index >= 15 is 0 Å². The summed E-state index contributed by atoms with van der Waals surface area (Å²) in [6.45, 7) is 0.220. The van der Waals surface area contributed by atoms with Gasteiger partial charge in [-0.2, -0.15) is 13.2 Å². The molecular weight excluding hydrogens is 476 g/mol. The van der Waals surface area contributed by atoms with Crippen molar-refractivity contribution in [3.8, 4) is 33.9 Å². The van der Waals surface area contributed by atoms with E-state index in [2.05, 4.69) is 9.97 Å². The summed E-state index contributed by atoms with van der Waals surface area (Å²) in [6, 6.07) is 17.2. The number of hydrogen-bond acceptors (Lipinski definition) is 4. The zero-order valence-electron chi connectivity index (χ0n) is 16.8. The molecule has 0 aliphatic carbocycles. The van der Waals surface area contributed by atoms with Crippen molar-refractivity contribution in [1.29, 1.82) is 0 Å². The zero-order chi connectivity index (χ0) is 23.6. The highest BCUT2D eigenvalue weighted by atomic mass is 35.5. The topological polar surface area (TPSA) is 55.2 Å². The van der Waals surface area contributed by atoms with E-state index in [9.17, 15) is 18.3 Å². The number of alkyl halides is 3. The second-order valence-electron chi connectivity index (χ2n) is 7.04. The number of ether oxygens (including phenoxy) is 1. The lowest BCUT2D eigenvalue weighted by molar-refractivity contribution is -0.140. The molecule has 0 atom stereocenters. The smallest absolute Gasteiger partial charge is 0.434 e. The third kappa shape index (κ3) is 5.21. The van der Waals surface area contributed by atoms with Crippen molar-refractivity contribution in [2.45, 2.75) is 12.8 Å². The van der Waals surface area contributed by atoms with Crippen LogP contribution >= 0.6 is 23.2 Å². The fourth-order valence-corrected chi connectivity index (χ4v) is 3.50. The predicted octanol–water partition coefficient (Wildman–Crippen LogP) is 7.42. The van der Waals surface area contributed by atoms with Crippen LogP contribution in [0.1, 0.15) is 11.3 Å². The quantitative estimate of drug-likeness (QED) is 0.316. The Hall–Kier alpha value is -3.29. The van der Waals surface area contributed by atoms with Crippen molar-refractivity contribution in [1.82, 2.24) is 9.97 Å². The van der Waals surface area contributed by atoms with Crippen LogP contribution in [0.4, 0.5) is 13.2 Å². The molecule has 0 fully saturated rings. The Balaban J connectivity index is 1.72. The molecule has 3 aromatic carbocycles. The Kier molecular flexibility index (Phi) is 6.44. The number of phenols is 1. The van der Waals surface area contributed by atoms with Gasteiger partial charge in [0.15, 0.2) is 5.69 Å². The second kappa shape index (κ2) is 9.29. The molecule has 0 saturated heterocycles. The molecule has 1 aromatic heterocycles. The van der Waals surface area contributed by atoms with E-state index in [1.54, 1.807) is 30.3 Å². The summed E-state index contributed by atoms with van der Waals surface area (Å²) in [5.74, 6) is 0.0509. The first-order chi connectivity index (χ1) is 15.7. The van der Waals surface area contributed by atoms with Gasteiger partial charge >= 0.3 is 6.18 Å². The molecule has 168 valence electrons. The summed E-state index contributed by atoms with van der Waals surface area (Å²) < 4.78 is 46.9. The molecule has 0 aliphatic heterocycles. The molecule has 1 heterocycles. The number of nitrogens with zero attached hydrogens (tertiary/aromatic N) is 2. The number of benzene rings is 3. The molecule has 1 N–H and O–H groups in total. The SMILES string of the molecule is Oc1cc(OCc2ccc(Cl)cc2)ccc1-c1ncnc(C(F)(F)F)c1-c1ccc(Cl)cc1. The lowest BCUT2D eigenvalue weighted by atomic mass is 9.96. The van der Waals surface area contributed by atoms with Crippen LogP contribution in [0.2, 0.25) is 10.0 Å². The molecule has 0 radical (unpaired) electrons. The van der Waals surface area contributed by atoms with Crippen LogP contribution < -0.4 is 4.74 Å². The minimum absolute atomic E-state index is 0.0681. The monoisotopic (exact) mass is 490 g/mol. The molecule has 0 aliphatic rings. The normalized spacial score (nSPS) is 11.4. The average Bonchev–Trinajstić information content (AvgIpc) is 2.78. The minimum Gasteiger partial charge on any atom is -0.507 e. The van der Waals surface area contributed by atoms with Crippen LogP contribution in [0, 0.1) is 0 Å². The number of rotatable bonds is 5. The molecule has 4 aromatic rings. The van der Waals surface area contributed by atoms with Crippen molar-refractivity contribution >= 4 is 23.2 Å². The highest BCUT2D eigenvalue weighted by molar-refractivity contribution is 6.30. The van der Waals surface area contributed by atoms with Crippen LogP contribution in [-0.2, 0) is 12.8 Å². The van der Waals surface area contributed by atoms with E-state index in [4.69, 9.17) is 27.9 Å². The Morgan fingerprint density at radius 2 is 1.48 bits per heavy atom. The van der Waals surface area contributed by atoms with Gasteiger partial charge < -0.3 is 9.84 Å². The summed E-state index contributed by atoms with van der Waals surface area (Å²) in [7, 11) is 0. The summed E-state index contributed by atoms with van der Waals surface area (Å²) >= 11 is 11.8. The van der Waals surface area contributed by atoms with Gasteiger partial charge in [-0.15, -0.1) is 0 Å². The van der Waals surface area contributed by atoms with E-state index in [1.165, 1.54) is 36.4 Å². The second-order valence-corrected chi connectivity index (χ2v) is 7.92. The van der Waals surface area contributed by atoms with Crippen molar-refractivity contribution in [3.63, 3.8) is 0 Å². The molecule has 4 rings (SSSR count). The van der Waals surface area contributed by atoms with Crippen LogP contribution in [0.3, 0.4) is 0 Å². The summed E-state index contributed by atoms with van der Waals surface area (Å²) in [5, 5.41) is 11.6. The molecule has 4 nitrogen and oxygen atoms in total. The van der Waals surface area contributed by atoms with Crippen LogP contribution in [0.25, 0.3) is 22.4 Å². The maximum Gasteiger partial charge on any atom is 0.434 e. The highest BCUT2D eigenvalue weighted by Gasteiger charge is 2.37. The fourth-order valence-electron chi connectivity index (χ4n) is 3.24. The van der Waals surface area contributed by atoms with Crippen LogP contribution in [0.15, 0.2) is 73.1 Å². The zero-order valence-corrected chi connectivity index (χ0v) is 18.3. The Labute approximate surface area is 197 Å². The number of halogens is 5. The maximum absolute atomic E-state index is 13.8. The van der Waals surface area contributed by atoms with Gasteiger partial charge in [-0.1, -0.05) is 47.5 Å². The maximum atomic E-state index is 13.8. The molecule has 0 bridgehead atoms. The van der Waals surface area contributed by atoms with E-state index in [0.29, 0.717) is 15.8 Å². The van der Waals surface area contributed by atoms with Gasteiger partial charge in [-0.3, -0.25) is 0 Å². The fraction of sp³-hybridized carbons (Fsp3) is 0.0833. The van der Waals surface area contributed by atoms with Gasteiger partial charge in [0, 0.05) is 27.2 Å².